The van der Waals surface area contributed by atoms with Crippen LogP contribution in [-0.4, -0.2) is 30.0 Å². The van der Waals surface area contributed by atoms with Crippen molar-refractivity contribution in [1.29, 1.82) is 0 Å². The predicted molar refractivity (Wildman–Crippen MR) is 96.6 cm³/mol. The molecular formula is C17H27N2O4P. The van der Waals surface area contributed by atoms with E-state index >= 15 is 0 Å². The zero-order chi connectivity index (χ0) is 18.2. The van der Waals surface area contributed by atoms with Gasteiger partial charge in [-0.25, -0.2) is 5.43 Å². The molecule has 0 saturated carbocycles. The Hall–Kier alpha value is -1.49. The molecule has 0 spiro atoms. The molecule has 24 heavy (non-hydrogen) atoms. The predicted octanol–water partition coefficient (Wildman–Crippen LogP) is 4.23. The van der Waals surface area contributed by atoms with Crippen LogP contribution < -0.4 is 5.43 Å². The molecule has 1 aromatic carbocycles. The summed E-state index contributed by atoms with van der Waals surface area (Å²) in [5.74, 6) is -0.287. The minimum atomic E-state index is -3.28. The molecule has 1 aromatic rings. The summed E-state index contributed by atoms with van der Waals surface area (Å²) in [6, 6.07) is 8.84. The second kappa shape index (κ2) is 9.11. The van der Waals surface area contributed by atoms with Crippen LogP contribution in [0.4, 0.5) is 0 Å². The van der Waals surface area contributed by atoms with Crippen molar-refractivity contribution in [1.82, 2.24) is 5.43 Å². The van der Waals surface area contributed by atoms with Crippen molar-refractivity contribution in [2.75, 3.05) is 13.2 Å². The molecular weight excluding hydrogens is 327 g/mol. The second-order valence-corrected chi connectivity index (χ2v) is 8.70. The number of hydrogen-bond acceptors (Lipinski definition) is 5. The van der Waals surface area contributed by atoms with Gasteiger partial charge < -0.3 is 9.05 Å². The van der Waals surface area contributed by atoms with Gasteiger partial charge in [0.15, 0.2) is 0 Å². The highest BCUT2D eigenvalue weighted by atomic mass is 31.2. The fourth-order valence-electron chi connectivity index (χ4n) is 2.29. The molecule has 0 unspecified atom stereocenters. The number of carbonyl (C=O) groups is 1. The fraction of sp³-hybridized carbons (Fsp3) is 0.529. The molecule has 134 valence electrons. The minimum Gasteiger partial charge on any atom is -0.308 e. The lowest BCUT2D eigenvalue weighted by molar-refractivity contribution is 0.0954. The summed E-state index contributed by atoms with van der Waals surface area (Å²) in [6.45, 7) is 9.58. The Bertz CT molecular complexity index is 604. The largest absolute Gasteiger partial charge is 0.336 e. The average Bonchev–Trinajstić information content (AvgIpc) is 2.53. The third kappa shape index (κ3) is 5.55. The van der Waals surface area contributed by atoms with Crippen molar-refractivity contribution in [3.05, 3.63) is 35.9 Å². The van der Waals surface area contributed by atoms with E-state index in [0.29, 0.717) is 30.9 Å². The highest BCUT2D eigenvalue weighted by Crippen LogP contribution is 2.61. The molecule has 1 N–H and O–H groups in total. The summed E-state index contributed by atoms with van der Waals surface area (Å²) >= 11 is 0. The van der Waals surface area contributed by atoms with Gasteiger partial charge in [0.2, 0.25) is 0 Å². The van der Waals surface area contributed by atoms with Gasteiger partial charge in [0.25, 0.3) is 5.91 Å². The number of rotatable bonds is 9. The lowest BCUT2D eigenvalue weighted by atomic mass is 10.1. The van der Waals surface area contributed by atoms with Crippen LogP contribution in [-0.2, 0) is 13.6 Å². The molecule has 0 aliphatic carbocycles. The van der Waals surface area contributed by atoms with Crippen molar-refractivity contribution in [2.45, 2.75) is 46.2 Å². The molecule has 0 fully saturated rings. The van der Waals surface area contributed by atoms with Crippen molar-refractivity contribution in [3.63, 3.8) is 0 Å². The number of hydrogen-bond donors (Lipinski definition) is 1. The lowest BCUT2D eigenvalue weighted by Crippen LogP contribution is -2.28. The quantitative estimate of drug-likeness (QED) is 0.409. The first kappa shape index (κ1) is 20.6. The summed E-state index contributed by atoms with van der Waals surface area (Å²) in [7, 11) is -3.28. The molecule has 0 saturated heterocycles. The third-order valence-electron chi connectivity index (χ3n) is 3.41. The zero-order valence-electron chi connectivity index (χ0n) is 15.0. The van der Waals surface area contributed by atoms with Gasteiger partial charge in [-0.1, -0.05) is 18.2 Å². The molecule has 0 aromatic heterocycles. The molecule has 0 aliphatic heterocycles. The monoisotopic (exact) mass is 354 g/mol. The Morgan fingerprint density at radius 1 is 1.17 bits per heavy atom. The van der Waals surface area contributed by atoms with Gasteiger partial charge in [-0.2, -0.15) is 5.10 Å². The van der Waals surface area contributed by atoms with E-state index in [9.17, 15) is 9.36 Å². The molecule has 1 rings (SSSR count). The Morgan fingerprint density at radius 2 is 1.71 bits per heavy atom. The Labute approximate surface area is 144 Å². The van der Waals surface area contributed by atoms with E-state index in [1.165, 1.54) is 0 Å². The number of carbonyl (C=O) groups excluding carboxylic acids is 1. The van der Waals surface area contributed by atoms with Crippen molar-refractivity contribution >= 4 is 19.2 Å². The first-order valence-electron chi connectivity index (χ1n) is 8.03. The summed E-state index contributed by atoms with van der Waals surface area (Å²) < 4.78 is 23.8. The summed E-state index contributed by atoms with van der Waals surface area (Å²) in [5, 5.41) is 3.36. The van der Waals surface area contributed by atoms with Gasteiger partial charge in [0, 0.05) is 17.7 Å². The van der Waals surface area contributed by atoms with Gasteiger partial charge in [0.1, 0.15) is 0 Å². The summed E-state index contributed by atoms with van der Waals surface area (Å²) in [6.07, 6.45) is 0.374. The molecule has 0 radical (unpaired) electrons. The molecule has 0 atom stereocenters. The van der Waals surface area contributed by atoms with Gasteiger partial charge in [0.05, 0.1) is 18.4 Å². The molecule has 0 aliphatic rings. The van der Waals surface area contributed by atoms with Gasteiger partial charge in [-0.05, 0) is 46.8 Å². The topological polar surface area (TPSA) is 77.0 Å². The van der Waals surface area contributed by atoms with Crippen molar-refractivity contribution in [3.8, 4) is 0 Å². The zero-order valence-corrected chi connectivity index (χ0v) is 15.9. The molecule has 1 amide bonds. The van der Waals surface area contributed by atoms with Crippen LogP contribution >= 0.6 is 7.60 Å². The fourth-order valence-corrected chi connectivity index (χ4v) is 4.17. The lowest BCUT2D eigenvalue weighted by Gasteiger charge is -2.32. The van der Waals surface area contributed by atoms with Crippen LogP contribution in [0.1, 0.15) is 51.4 Å². The Morgan fingerprint density at radius 3 is 2.21 bits per heavy atom. The Kier molecular flexibility index (Phi) is 7.80. The van der Waals surface area contributed by atoms with Crippen LogP contribution in [0.2, 0.25) is 0 Å². The first-order chi connectivity index (χ1) is 11.3. The number of hydrazone groups is 1. The first-order valence-corrected chi connectivity index (χ1v) is 9.57. The highest BCUT2D eigenvalue weighted by molar-refractivity contribution is 7.55. The molecule has 6 nitrogen and oxygen atoms in total. The van der Waals surface area contributed by atoms with E-state index in [-0.39, 0.29) is 5.91 Å². The molecule has 0 heterocycles. The van der Waals surface area contributed by atoms with Gasteiger partial charge >= 0.3 is 7.60 Å². The number of nitrogens with zero attached hydrogens (tertiary/aromatic N) is 1. The second-order valence-electron chi connectivity index (χ2n) is 5.98. The van der Waals surface area contributed by atoms with Crippen LogP contribution in [0.15, 0.2) is 35.4 Å². The standard InChI is InChI=1S/C17H27N2O4P/c1-6-22-24(21,23-7-2)17(4,5)13-14(3)18-19-16(20)15-11-9-8-10-12-15/h8-12H,6-7,13H2,1-5H3,(H,19,20)/b18-14+. The van der Waals surface area contributed by atoms with E-state index in [0.717, 1.165) is 0 Å². The van der Waals surface area contributed by atoms with Crippen molar-refractivity contribution < 1.29 is 18.4 Å². The molecule has 0 bridgehead atoms. The SMILES string of the molecule is CCOP(=O)(OCC)C(C)(C)C/C(C)=N/NC(=O)c1ccccc1. The van der Waals surface area contributed by atoms with Gasteiger partial charge in [-0.3, -0.25) is 9.36 Å². The van der Waals surface area contributed by atoms with E-state index in [2.05, 4.69) is 10.5 Å². The third-order valence-corrected chi connectivity index (χ3v) is 6.25. The average molecular weight is 354 g/mol. The maximum absolute atomic E-state index is 12.9. The highest BCUT2D eigenvalue weighted by Gasteiger charge is 2.43. The van der Waals surface area contributed by atoms with Crippen LogP contribution in [0.5, 0.6) is 0 Å². The van der Waals surface area contributed by atoms with E-state index in [4.69, 9.17) is 9.05 Å². The van der Waals surface area contributed by atoms with Crippen LogP contribution in [0, 0.1) is 0 Å². The number of benzene rings is 1. The summed E-state index contributed by atoms with van der Waals surface area (Å²) in [5.41, 5.74) is 3.69. The van der Waals surface area contributed by atoms with E-state index in [1.54, 1.807) is 45.0 Å². The smallest absolute Gasteiger partial charge is 0.308 e. The van der Waals surface area contributed by atoms with Crippen LogP contribution in [0.25, 0.3) is 0 Å². The number of amides is 1. The van der Waals surface area contributed by atoms with E-state index in [1.807, 2.05) is 19.9 Å². The van der Waals surface area contributed by atoms with E-state index < -0.39 is 12.8 Å². The number of nitrogens with one attached hydrogen (secondary N) is 1. The van der Waals surface area contributed by atoms with Crippen LogP contribution in [0.3, 0.4) is 0 Å². The summed E-state index contributed by atoms with van der Waals surface area (Å²) in [4.78, 5) is 12.0. The maximum Gasteiger partial charge on any atom is 0.336 e. The normalized spacial score (nSPS) is 13.0. The Balaban J connectivity index is 2.78. The molecule has 7 heteroatoms. The maximum atomic E-state index is 12.9. The minimum absolute atomic E-state index is 0.287. The van der Waals surface area contributed by atoms with Gasteiger partial charge in [-0.15, -0.1) is 0 Å². The van der Waals surface area contributed by atoms with Crippen molar-refractivity contribution in [2.24, 2.45) is 5.10 Å².